The summed E-state index contributed by atoms with van der Waals surface area (Å²) in [4.78, 5) is 0. The van der Waals surface area contributed by atoms with Crippen LogP contribution in [0.5, 0.6) is 0 Å². The van der Waals surface area contributed by atoms with E-state index in [1.54, 1.807) is 0 Å². The predicted octanol–water partition coefficient (Wildman–Crippen LogP) is 3.86. The molecule has 4 heteroatoms. The zero-order valence-corrected chi connectivity index (χ0v) is 12.4. The smallest absolute Gasteiger partial charge is 0.0766 e. The summed E-state index contributed by atoms with van der Waals surface area (Å²) in [5, 5.41) is 4.48. The van der Waals surface area contributed by atoms with E-state index in [9.17, 15) is 0 Å². The number of aromatic nitrogens is 2. The monoisotopic (exact) mass is 304 g/mol. The Kier molecular flexibility index (Phi) is 5.56. The molecule has 0 radical (unpaired) electrons. The second-order valence-electron chi connectivity index (χ2n) is 3.89. The van der Waals surface area contributed by atoms with Gasteiger partial charge in [0.2, 0.25) is 0 Å². The maximum absolute atomic E-state index is 5.67. The van der Waals surface area contributed by atoms with Gasteiger partial charge in [-0.1, -0.05) is 18.6 Å². The molecule has 0 N–H and O–H groups in total. The molecule has 1 aromatic rings. The molecule has 1 rings (SSSR count). The van der Waals surface area contributed by atoms with Crippen LogP contribution in [0.1, 0.15) is 31.7 Å². The van der Waals surface area contributed by atoms with Crippen molar-refractivity contribution in [3.05, 3.63) is 27.5 Å². The van der Waals surface area contributed by atoms with Gasteiger partial charge in [0.15, 0.2) is 0 Å². The molecule has 2 nitrogen and oxygen atoms in total. The van der Waals surface area contributed by atoms with Gasteiger partial charge in [0.05, 0.1) is 15.9 Å². The summed E-state index contributed by atoms with van der Waals surface area (Å²) in [6.07, 6.45) is 5.02. The first-order valence-corrected chi connectivity index (χ1v) is 6.84. The van der Waals surface area contributed by atoms with E-state index >= 15 is 0 Å². The van der Waals surface area contributed by atoms with Crippen molar-refractivity contribution in [2.75, 3.05) is 5.88 Å². The van der Waals surface area contributed by atoms with Crippen LogP contribution in [-0.4, -0.2) is 15.7 Å². The summed E-state index contributed by atoms with van der Waals surface area (Å²) in [6, 6.07) is 0. The number of hydrogen-bond acceptors (Lipinski definition) is 1. The van der Waals surface area contributed by atoms with Gasteiger partial charge in [-0.2, -0.15) is 5.10 Å². The average molecular weight is 306 g/mol. The molecule has 0 atom stereocenters. The number of hydrogen-bond donors (Lipinski definition) is 0. The van der Waals surface area contributed by atoms with E-state index in [1.807, 2.05) is 11.7 Å². The number of allylic oxidation sites excluding steroid dienone is 2. The lowest BCUT2D eigenvalue weighted by atomic mass is 10.1. The lowest BCUT2D eigenvalue weighted by Crippen LogP contribution is -1.99. The quantitative estimate of drug-likeness (QED) is 0.596. The van der Waals surface area contributed by atoms with E-state index < -0.39 is 0 Å². The molecule has 16 heavy (non-hydrogen) atoms. The lowest BCUT2D eigenvalue weighted by molar-refractivity contribution is 0.707. The largest absolute Gasteiger partial charge is 0.271 e. The van der Waals surface area contributed by atoms with E-state index in [-0.39, 0.29) is 0 Å². The SMILES string of the molecule is CCc1nn(C)c(CC(C)=CCCCl)c1Br. The highest BCUT2D eigenvalue weighted by molar-refractivity contribution is 9.10. The molecule has 1 heterocycles. The van der Waals surface area contributed by atoms with Crippen molar-refractivity contribution < 1.29 is 0 Å². The van der Waals surface area contributed by atoms with Crippen LogP contribution in [0.15, 0.2) is 16.1 Å². The van der Waals surface area contributed by atoms with E-state index in [1.165, 1.54) is 11.3 Å². The van der Waals surface area contributed by atoms with Crippen molar-refractivity contribution in [3.8, 4) is 0 Å². The second-order valence-corrected chi connectivity index (χ2v) is 5.06. The van der Waals surface area contributed by atoms with Crippen molar-refractivity contribution in [3.63, 3.8) is 0 Å². The molecule has 90 valence electrons. The minimum atomic E-state index is 0.685. The zero-order chi connectivity index (χ0) is 12.1. The third kappa shape index (κ3) is 3.36. The van der Waals surface area contributed by atoms with Crippen LogP contribution < -0.4 is 0 Å². The van der Waals surface area contributed by atoms with Crippen LogP contribution in [0.2, 0.25) is 0 Å². The molecule has 0 aliphatic rings. The van der Waals surface area contributed by atoms with Gasteiger partial charge >= 0.3 is 0 Å². The molecule has 1 aromatic heterocycles. The number of nitrogens with zero attached hydrogens (tertiary/aromatic N) is 2. The highest BCUT2D eigenvalue weighted by atomic mass is 79.9. The van der Waals surface area contributed by atoms with Crippen molar-refractivity contribution in [1.82, 2.24) is 9.78 Å². The first kappa shape index (κ1) is 13.8. The van der Waals surface area contributed by atoms with Crippen LogP contribution in [0.3, 0.4) is 0 Å². The Morgan fingerprint density at radius 3 is 2.75 bits per heavy atom. The standard InChI is InChI=1S/C12H18BrClN2/c1-4-10-12(13)11(16(3)15-10)8-9(2)6-5-7-14/h6H,4-5,7-8H2,1-3H3. The fraction of sp³-hybridized carbons (Fsp3) is 0.583. The number of alkyl halides is 1. The van der Waals surface area contributed by atoms with Gasteiger partial charge in [0.1, 0.15) is 0 Å². The van der Waals surface area contributed by atoms with Crippen molar-refractivity contribution in [2.45, 2.75) is 33.1 Å². The van der Waals surface area contributed by atoms with Gasteiger partial charge in [-0.3, -0.25) is 4.68 Å². The van der Waals surface area contributed by atoms with Crippen molar-refractivity contribution in [2.24, 2.45) is 7.05 Å². The van der Waals surface area contributed by atoms with Gasteiger partial charge < -0.3 is 0 Å². The summed E-state index contributed by atoms with van der Waals surface area (Å²) in [5.41, 5.74) is 3.70. The summed E-state index contributed by atoms with van der Waals surface area (Å²) in [5.74, 6) is 0.685. The van der Waals surface area contributed by atoms with Crippen LogP contribution in [0.25, 0.3) is 0 Å². The molecule has 0 amide bonds. The molecule has 0 saturated carbocycles. The van der Waals surface area contributed by atoms with Crippen LogP contribution in [0.4, 0.5) is 0 Å². The first-order valence-electron chi connectivity index (χ1n) is 5.52. The van der Waals surface area contributed by atoms with Gasteiger partial charge in [-0.15, -0.1) is 11.6 Å². The maximum atomic E-state index is 5.67. The van der Waals surface area contributed by atoms with Crippen LogP contribution in [0, 0.1) is 0 Å². The highest BCUT2D eigenvalue weighted by Gasteiger charge is 2.12. The fourth-order valence-corrected chi connectivity index (χ4v) is 2.51. The van der Waals surface area contributed by atoms with Crippen molar-refractivity contribution >= 4 is 27.5 Å². The van der Waals surface area contributed by atoms with Gasteiger partial charge in [0, 0.05) is 19.3 Å². The Bertz CT molecular complexity index is 383. The number of halogens is 2. The third-order valence-electron chi connectivity index (χ3n) is 2.55. The molecular formula is C12H18BrClN2. The zero-order valence-electron chi connectivity index (χ0n) is 10.1. The Morgan fingerprint density at radius 1 is 1.56 bits per heavy atom. The topological polar surface area (TPSA) is 17.8 Å². The molecule has 0 bridgehead atoms. The fourth-order valence-electron chi connectivity index (χ4n) is 1.65. The minimum Gasteiger partial charge on any atom is -0.271 e. The summed E-state index contributed by atoms with van der Waals surface area (Å²) in [6.45, 7) is 4.25. The highest BCUT2D eigenvalue weighted by Crippen LogP contribution is 2.23. The van der Waals surface area contributed by atoms with E-state index in [4.69, 9.17) is 11.6 Å². The average Bonchev–Trinajstić information content (AvgIpc) is 2.53. The molecule has 0 saturated heterocycles. The molecular weight excluding hydrogens is 288 g/mol. The Balaban J connectivity index is 2.84. The summed E-state index contributed by atoms with van der Waals surface area (Å²) in [7, 11) is 1.99. The Labute approximate surface area is 111 Å². The third-order valence-corrected chi connectivity index (χ3v) is 3.68. The van der Waals surface area contributed by atoms with Gasteiger partial charge in [-0.05, 0) is 35.7 Å². The summed E-state index contributed by atoms with van der Waals surface area (Å²) >= 11 is 9.29. The van der Waals surface area contributed by atoms with Gasteiger partial charge in [-0.25, -0.2) is 0 Å². The normalized spacial score (nSPS) is 12.2. The minimum absolute atomic E-state index is 0.685. The molecule has 0 aliphatic heterocycles. The number of aryl methyl sites for hydroxylation is 2. The van der Waals surface area contributed by atoms with Crippen LogP contribution in [-0.2, 0) is 19.9 Å². The van der Waals surface area contributed by atoms with Crippen molar-refractivity contribution in [1.29, 1.82) is 0 Å². The van der Waals surface area contributed by atoms with E-state index in [0.717, 1.165) is 29.4 Å². The lowest BCUT2D eigenvalue weighted by Gasteiger charge is -2.03. The molecule has 0 unspecified atom stereocenters. The Morgan fingerprint density at radius 2 is 2.25 bits per heavy atom. The van der Waals surface area contributed by atoms with E-state index in [2.05, 4.69) is 41.0 Å². The first-order chi connectivity index (χ1) is 7.60. The Hall–Kier alpha value is -0.280. The second kappa shape index (κ2) is 6.45. The molecule has 0 aliphatic carbocycles. The van der Waals surface area contributed by atoms with Gasteiger partial charge in [0.25, 0.3) is 0 Å². The predicted molar refractivity (Wildman–Crippen MR) is 73.1 cm³/mol. The number of rotatable bonds is 5. The molecule has 0 spiro atoms. The summed E-state index contributed by atoms with van der Waals surface area (Å²) < 4.78 is 3.11. The van der Waals surface area contributed by atoms with Crippen LogP contribution >= 0.6 is 27.5 Å². The maximum Gasteiger partial charge on any atom is 0.0766 e. The molecule has 0 aromatic carbocycles. The molecule has 0 fully saturated rings. The van der Waals surface area contributed by atoms with E-state index in [0.29, 0.717) is 5.88 Å².